The van der Waals surface area contributed by atoms with Crippen molar-refractivity contribution in [2.45, 2.75) is 0 Å². The van der Waals surface area contributed by atoms with Crippen molar-refractivity contribution in [2.75, 3.05) is 0 Å². The molecule has 52 valence electrons. The maximum absolute atomic E-state index is 12.1. The number of amides is 1. The maximum atomic E-state index is 12.1. The molecule has 1 aromatic rings. The lowest BCUT2D eigenvalue weighted by atomic mass is 10.4. The van der Waals surface area contributed by atoms with Crippen LogP contribution in [0.3, 0.4) is 0 Å². The number of hydrogen-bond acceptors (Lipinski definition) is 3. The van der Waals surface area contributed by atoms with Crippen molar-refractivity contribution in [1.29, 1.82) is 0 Å². The van der Waals surface area contributed by atoms with Crippen LogP contribution >= 0.6 is 0 Å². The zero-order valence-corrected chi connectivity index (χ0v) is 4.91. The van der Waals surface area contributed by atoms with E-state index in [-0.39, 0.29) is 5.69 Å². The molecule has 0 saturated heterocycles. The van der Waals surface area contributed by atoms with E-state index >= 15 is 0 Å². The average molecular weight is 141 g/mol. The molecule has 2 N–H and O–H groups in total. The normalized spacial score (nSPS) is 9.30. The van der Waals surface area contributed by atoms with Crippen LogP contribution in [0.4, 0.5) is 4.39 Å². The van der Waals surface area contributed by atoms with E-state index in [1.165, 1.54) is 6.07 Å². The Morgan fingerprint density at radius 3 is 2.80 bits per heavy atom. The highest BCUT2D eigenvalue weighted by atomic mass is 19.1. The molecule has 1 amide bonds. The van der Waals surface area contributed by atoms with Crippen molar-refractivity contribution < 1.29 is 9.18 Å². The van der Waals surface area contributed by atoms with Gasteiger partial charge in [0.1, 0.15) is 5.69 Å². The number of primary amides is 1. The van der Waals surface area contributed by atoms with Gasteiger partial charge >= 0.3 is 6.08 Å². The van der Waals surface area contributed by atoms with Crippen LogP contribution in [-0.2, 0) is 0 Å². The number of rotatable bonds is 1. The summed E-state index contributed by atoms with van der Waals surface area (Å²) in [4.78, 5) is 16.6. The largest absolute Gasteiger partial charge is 0.364 e. The Morgan fingerprint density at radius 1 is 1.70 bits per heavy atom. The molecule has 0 aliphatic rings. The van der Waals surface area contributed by atoms with E-state index in [1.54, 1.807) is 0 Å². The lowest BCUT2D eigenvalue weighted by molar-refractivity contribution is 0.0994. The molecule has 10 heavy (non-hydrogen) atoms. The SMILES string of the molecule is NC(=O)c1ccnc(F)n1. The van der Waals surface area contributed by atoms with Gasteiger partial charge in [0.05, 0.1) is 0 Å². The van der Waals surface area contributed by atoms with Gasteiger partial charge < -0.3 is 5.73 Å². The molecule has 0 atom stereocenters. The molecular formula is C5H4FN3O. The molecule has 1 rings (SSSR count). The van der Waals surface area contributed by atoms with E-state index in [9.17, 15) is 9.18 Å². The second-order valence-electron chi connectivity index (χ2n) is 1.58. The van der Waals surface area contributed by atoms with Gasteiger partial charge in [-0.15, -0.1) is 0 Å². The van der Waals surface area contributed by atoms with Gasteiger partial charge in [-0.3, -0.25) is 4.79 Å². The zero-order chi connectivity index (χ0) is 7.56. The first-order chi connectivity index (χ1) is 4.70. The summed E-state index contributed by atoms with van der Waals surface area (Å²) in [6.07, 6.45) is 0.180. The van der Waals surface area contributed by atoms with Crippen molar-refractivity contribution in [1.82, 2.24) is 9.97 Å². The molecule has 0 aliphatic heterocycles. The predicted octanol–water partition coefficient (Wildman–Crippen LogP) is -0.285. The van der Waals surface area contributed by atoms with Crippen molar-refractivity contribution in [3.05, 3.63) is 24.0 Å². The third-order valence-electron chi connectivity index (χ3n) is 0.879. The van der Waals surface area contributed by atoms with E-state index in [0.717, 1.165) is 6.20 Å². The molecule has 0 saturated carbocycles. The molecule has 0 radical (unpaired) electrons. The number of hydrogen-bond donors (Lipinski definition) is 1. The molecule has 0 aromatic carbocycles. The third kappa shape index (κ3) is 1.25. The van der Waals surface area contributed by atoms with Crippen molar-refractivity contribution in [3.8, 4) is 0 Å². The topological polar surface area (TPSA) is 68.9 Å². The number of carbonyl (C=O) groups is 1. The summed E-state index contributed by atoms with van der Waals surface area (Å²) < 4.78 is 12.1. The minimum atomic E-state index is -0.948. The van der Waals surface area contributed by atoms with E-state index in [1.807, 2.05) is 0 Å². The molecule has 4 nitrogen and oxygen atoms in total. The van der Waals surface area contributed by atoms with Crippen molar-refractivity contribution >= 4 is 5.91 Å². The molecule has 5 heteroatoms. The summed E-state index contributed by atoms with van der Waals surface area (Å²) >= 11 is 0. The van der Waals surface area contributed by atoms with Crippen LogP contribution in [0.15, 0.2) is 12.3 Å². The molecular weight excluding hydrogens is 137 g/mol. The highest BCUT2D eigenvalue weighted by Crippen LogP contribution is 1.91. The molecule has 1 aromatic heterocycles. The van der Waals surface area contributed by atoms with Crippen LogP contribution in [0.5, 0.6) is 0 Å². The Hall–Kier alpha value is -1.52. The number of nitrogens with two attached hydrogens (primary N) is 1. The second-order valence-corrected chi connectivity index (χ2v) is 1.58. The first-order valence-electron chi connectivity index (χ1n) is 2.48. The first kappa shape index (κ1) is 6.60. The zero-order valence-electron chi connectivity index (χ0n) is 4.91. The standard InChI is InChI=1S/C5H4FN3O/c6-5-8-2-1-3(9-5)4(7)10/h1-2H,(H2,7,10). The summed E-state index contributed by atoms with van der Waals surface area (Å²) in [5.74, 6) is -0.763. The van der Waals surface area contributed by atoms with E-state index in [2.05, 4.69) is 9.97 Å². The van der Waals surface area contributed by atoms with Gasteiger partial charge in [-0.1, -0.05) is 0 Å². The Kier molecular flexibility index (Phi) is 1.57. The monoisotopic (exact) mass is 141 g/mol. The third-order valence-corrected chi connectivity index (χ3v) is 0.879. The second kappa shape index (κ2) is 2.38. The minimum absolute atomic E-state index is 0.118. The van der Waals surface area contributed by atoms with Crippen LogP contribution in [-0.4, -0.2) is 15.9 Å². The Balaban J connectivity index is 3.07. The van der Waals surface area contributed by atoms with Gasteiger partial charge in [0, 0.05) is 6.20 Å². The number of carbonyl (C=O) groups excluding carboxylic acids is 1. The van der Waals surface area contributed by atoms with Gasteiger partial charge in [0.15, 0.2) is 0 Å². The van der Waals surface area contributed by atoms with Crippen molar-refractivity contribution in [3.63, 3.8) is 0 Å². The fourth-order valence-corrected chi connectivity index (χ4v) is 0.472. The quantitative estimate of drug-likeness (QED) is 0.546. The van der Waals surface area contributed by atoms with Crippen molar-refractivity contribution in [2.24, 2.45) is 5.73 Å². The Labute approximate surface area is 55.9 Å². The lowest BCUT2D eigenvalue weighted by Crippen LogP contribution is -2.13. The minimum Gasteiger partial charge on any atom is -0.364 e. The van der Waals surface area contributed by atoms with Crippen LogP contribution in [0.2, 0.25) is 0 Å². The molecule has 0 aliphatic carbocycles. The van der Waals surface area contributed by atoms with Gasteiger partial charge in [-0.25, -0.2) is 4.98 Å². The van der Waals surface area contributed by atoms with E-state index in [4.69, 9.17) is 5.73 Å². The summed E-state index contributed by atoms with van der Waals surface area (Å²) in [5.41, 5.74) is 4.67. The van der Waals surface area contributed by atoms with Gasteiger partial charge in [-0.05, 0) is 6.07 Å². The molecule has 0 spiro atoms. The number of nitrogens with zero attached hydrogens (tertiary/aromatic N) is 2. The fourth-order valence-electron chi connectivity index (χ4n) is 0.472. The average Bonchev–Trinajstić information content (AvgIpc) is 1.88. The smallest absolute Gasteiger partial charge is 0.309 e. The van der Waals surface area contributed by atoms with Crippen LogP contribution < -0.4 is 5.73 Å². The fraction of sp³-hybridized carbons (Fsp3) is 0. The Morgan fingerprint density at radius 2 is 2.40 bits per heavy atom. The number of aromatic nitrogens is 2. The highest BCUT2D eigenvalue weighted by Gasteiger charge is 2.01. The van der Waals surface area contributed by atoms with E-state index in [0.29, 0.717) is 0 Å². The van der Waals surface area contributed by atoms with Crippen LogP contribution in [0.1, 0.15) is 10.5 Å². The van der Waals surface area contributed by atoms with Crippen LogP contribution in [0, 0.1) is 6.08 Å². The summed E-state index contributed by atoms with van der Waals surface area (Å²) in [6.45, 7) is 0. The summed E-state index contributed by atoms with van der Waals surface area (Å²) in [5, 5.41) is 0. The predicted molar refractivity (Wildman–Crippen MR) is 30.5 cm³/mol. The summed E-state index contributed by atoms with van der Waals surface area (Å²) in [7, 11) is 0. The highest BCUT2D eigenvalue weighted by molar-refractivity contribution is 5.90. The Bertz CT molecular complexity index is 263. The van der Waals surface area contributed by atoms with E-state index < -0.39 is 12.0 Å². The molecule has 0 fully saturated rings. The molecule has 1 heterocycles. The number of halogens is 1. The maximum Gasteiger partial charge on any atom is 0.309 e. The van der Waals surface area contributed by atoms with Gasteiger partial charge in [-0.2, -0.15) is 9.37 Å². The van der Waals surface area contributed by atoms with Gasteiger partial charge in [0.2, 0.25) is 0 Å². The summed E-state index contributed by atoms with van der Waals surface area (Å²) in [6, 6.07) is 1.24. The molecule has 0 bridgehead atoms. The van der Waals surface area contributed by atoms with Crippen LogP contribution in [0.25, 0.3) is 0 Å². The van der Waals surface area contributed by atoms with Gasteiger partial charge in [0.25, 0.3) is 5.91 Å². The molecule has 0 unspecified atom stereocenters. The first-order valence-corrected chi connectivity index (χ1v) is 2.48. The lowest BCUT2D eigenvalue weighted by Gasteiger charge is -1.90.